The first-order valence-electron chi connectivity index (χ1n) is 7.38. The third-order valence-electron chi connectivity index (χ3n) is 3.73. The van der Waals surface area contributed by atoms with Crippen LogP contribution in [0.25, 0.3) is 5.65 Å². The van der Waals surface area contributed by atoms with Crippen LogP contribution < -0.4 is 11.1 Å². The summed E-state index contributed by atoms with van der Waals surface area (Å²) in [5, 5.41) is 3.28. The van der Waals surface area contributed by atoms with E-state index in [1.807, 2.05) is 0 Å². The van der Waals surface area contributed by atoms with E-state index in [2.05, 4.69) is 10.3 Å². The number of nitrogens with one attached hydrogen (secondary N) is 1. The number of fused-ring (bicyclic) bond motifs is 1. The largest absolute Gasteiger partial charge is 0.369 e. The number of hydrogen-bond donors (Lipinski definition) is 2. The van der Waals surface area contributed by atoms with Crippen molar-refractivity contribution in [3.63, 3.8) is 0 Å². The van der Waals surface area contributed by atoms with Gasteiger partial charge in [0.15, 0.2) is 5.65 Å². The molecule has 2 amide bonds. The number of rotatable bonds is 4. The lowest BCUT2D eigenvalue weighted by Gasteiger charge is -2.09. The molecule has 0 atom stereocenters. The first-order valence-corrected chi connectivity index (χ1v) is 8.14. The average Bonchev–Trinajstić information content (AvgIpc) is 2.84. The van der Waals surface area contributed by atoms with Gasteiger partial charge in [0.25, 0.3) is 5.91 Å². The Hall–Kier alpha value is -2.28. The molecule has 0 bridgehead atoms. The number of nitrogens with two attached hydrogens (primary N) is 1. The van der Waals surface area contributed by atoms with E-state index in [0.29, 0.717) is 22.7 Å². The number of benzene rings is 1. The molecule has 0 aliphatic carbocycles. The van der Waals surface area contributed by atoms with E-state index in [-0.39, 0.29) is 34.4 Å². The van der Waals surface area contributed by atoms with Gasteiger partial charge in [0.1, 0.15) is 0 Å². The lowest BCUT2D eigenvalue weighted by molar-refractivity contribution is -0.117. The highest BCUT2D eigenvalue weighted by Gasteiger charge is 2.18. The normalized spacial score (nSPS) is 10.4. The van der Waals surface area contributed by atoms with E-state index in [1.165, 1.54) is 0 Å². The molecule has 3 aromatic rings. The lowest BCUT2D eigenvalue weighted by atomic mass is 10.2. The predicted molar refractivity (Wildman–Crippen MR) is 104 cm³/mol. The molecule has 3 N–H and O–H groups in total. The Morgan fingerprint density at radius 1 is 1.19 bits per heavy atom. The number of aryl methyl sites for hydroxylation is 1. The Bertz CT molecular complexity index is 981. The van der Waals surface area contributed by atoms with Crippen LogP contribution in [0.4, 0.5) is 5.69 Å². The van der Waals surface area contributed by atoms with E-state index < -0.39 is 11.8 Å². The van der Waals surface area contributed by atoms with Gasteiger partial charge in [-0.15, -0.1) is 12.4 Å². The molecule has 136 valence electrons. The van der Waals surface area contributed by atoms with Crippen molar-refractivity contribution in [1.82, 2.24) is 9.38 Å². The Balaban J connectivity index is 0.00000243. The van der Waals surface area contributed by atoms with Gasteiger partial charge in [0, 0.05) is 6.20 Å². The number of nitrogens with zero attached hydrogens (tertiary/aromatic N) is 2. The number of aromatic nitrogens is 2. The van der Waals surface area contributed by atoms with E-state index >= 15 is 0 Å². The van der Waals surface area contributed by atoms with Gasteiger partial charge in [-0.25, -0.2) is 4.98 Å². The molecule has 26 heavy (non-hydrogen) atoms. The van der Waals surface area contributed by atoms with Gasteiger partial charge in [0.05, 0.1) is 39.1 Å². The lowest BCUT2D eigenvalue weighted by Crippen LogP contribution is -2.16. The van der Waals surface area contributed by atoms with E-state index in [1.54, 1.807) is 47.9 Å². The third-order valence-corrected chi connectivity index (χ3v) is 4.36. The van der Waals surface area contributed by atoms with Crippen molar-refractivity contribution in [2.24, 2.45) is 5.73 Å². The Labute approximate surface area is 165 Å². The second-order valence-electron chi connectivity index (χ2n) is 5.45. The molecule has 3 rings (SSSR count). The number of halogens is 3. The zero-order valence-electron chi connectivity index (χ0n) is 13.6. The molecule has 0 unspecified atom stereocenters. The standard InChI is InChI=1S/C17H14Cl2N4O2.ClH/c1-9-13(8-14(20)24)23-7-3-6-12(16(23)21-9)22-17(25)15-10(18)4-2-5-11(15)19;/h2-7H,8H2,1H3,(H2,20,24)(H,22,25);1H. The summed E-state index contributed by atoms with van der Waals surface area (Å²) < 4.78 is 1.73. The highest BCUT2D eigenvalue weighted by molar-refractivity contribution is 6.40. The van der Waals surface area contributed by atoms with E-state index in [9.17, 15) is 9.59 Å². The number of pyridine rings is 1. The van der Waals surface area contributed by atoms with Crippen LogP contribution in [0.15, 0.2) is 36.5 Å². The van der Waals surface area contributed by atoms with Gasteiger partial charge >= 0.3 is 0 Å². The second-order valence-corrected chi connectivity index (χ2v) is 6.27. The molecule has 0 radical (unpaired) electrons. The number of hydrogen-bond acceptors (Lipinski definition) is 3. The molecular weight excluding hydrogens is 399 g/mol. The molecule has 2 heterocycles. The predicted octanol–water partition coefficient (Wildman–Crippen LogP) is 3.65. The molecular formula is C17H15Cl3N4O2. The maximum Gasteiger partial charge on any atom is 0.258 e. The smallest absolute Gasteiger partial charge is 0.258 e. The van der Waals surface area contributed by atoms with Crippen LogP contribution in [-0.2, 0) is 11.2 Å². The number of primary amides is 1. The SMILES string of the molecule is Cc1nc2c(NC(=O)c3c(Cl)cccc3Cl)cccn2c1CC(N)=O.Cl. The zero-order valence-corrected chi connectivity index (χ0v) is 16.0. The Morgan fingerprint density at radius 3 is 2.46 bits per heavy atom. The summed E-state index contributed by atoms with van der Waals surface area (Å²) in [7, 11) is 0. The van der Waals surface area contributed by atoms with Crippen LogP contribution in [-0.4, -0.2) is 21.2 Å². The van der Waals surface area contributed by atoms with Gasteiger partial charge in [-0.2, -0.15) is 0 Å². The number of anilines is 1. The van der Waals surface area contributed by atoms with Gasteiger partial charge in [-0.3, -0.25) is 9.59 Å². The minimum Gasteiger partial charge on any atom is -0.369 e. The van der Waals surface area contributed by atoms with Gasteiger partial charge in [-0.05, 0) is 31.2 Å². The fourth-order valence-electron chi connectivity index (χ4n) is 2.61. The Kier molecular flexibility index (Phi) is 6.13. The average molecular weight is 414 g/mol. The quantitative estimate of drug-likeness (QED) is 0.684. The molecule has 6 nitrogen and oxygen atoms in total. The Morgan fingerprint density at radius 2 is 1.85 bits per heavy atom. The summed E-state index contributed by atoms with van der Waals surface area (Å²) in [5.74, 6) is -0.900. The third kappa shape index (κ3) is 3.77. The first kappa shape index (κ1) is 20.0. The van der Waals surface area contributed by atoms with Crippen LogP contribution >= 0.6 is 35.6 Å². The van der Waals surface area contributed by atoms with Crippen molar-refractivity contribution in [2.45, 2.75) is 13.3 Å². The number of amides is 2. The molecule has 1 aromatic carbocycles. The maximum atomic E-state index is 12.6. The van der Waals surface area contributed by atoms with Crippen molar-refractivity contribution >= 4 is 58.8 Å². The monoisotopic (exact) mass is 412 g/mol. The van der Waals surface area contributed by atoms with Crippen LogP contribution in [0, 0.1) is 6.92 Å². The highest BCUT2D eigenvalue weighted by atomic mass is 35.5. The maximum absolute atomic E-state index is 12.6. The zero-order chi connectivity index (χ0) is 18.1. The highest BCUT2D eigenvalue weighted by Crippen LogP contribution is 2.26. The van der Waals surface area contributed by atoms with Crippen LogP contribution in [0.5, 0.6) is 0 Å². The summed E-state index contributed by atoms with van der Waals surface area (Å²) in [4.78, 5) is 28.3. The van der Waals surface area contributed by atoms with E-state index in [4.69, 9.17) is 28.9 Å². The molecule has 0 spiro atoms. The summed E-state index contributed by atoms with van der Waals surface area (Å²) in [6.07, 6.45) is 1.81. The minimum absolute atomic E-state index is 0. The van der Waals surface area contributed by atoms with Crippen LogP contribution in [0.1, 0.15) is 21.7 Å². The minimum atomic E-state index is -0.456. The molecule has 0 saturated heterocycles. The van der Waals surface area contributed by atoms with Crippen molar-refractivity contribution in [2.75, 3.05) is 5.32 Å². The van der Waals surface area contributed by atoms with Crippen molar-refractivity contribution in [3.8, 4) is 0 Å². The number of carbonyl (C=O) groups excluding carboxylic acids is 2. The topological polar surface area (TPSA) is 89.5 Å². The number of imidazole rings is 1. The van der Waals surface area contributed by atoms with Crippen LogP contribution in [0.3, 0.4) is 0 Å². The fourth-order valence-corrected chi connectivity index (χ4v) is 3.17. The van der Waals surface area contributed by atoms with Gasteiger partial charge < -0.3 is 15.5 Å². The summed E-state index contributed by atoms with van der Waals surface area (Å²) >= 11 is 12.2. The van der Waals surface area contributed by atoms with Gasteiger partial charge in [0.2, 0.25) is 5.91 Å². The van der Waals surface area contributed by atoms with Crippen molar-refractivity contribution in [3.05, 3.63) is 63.5 Å². The van der Waals surface area contributed by atoms with Crippen LogP contribution in [0.2, 0.25) is 10.0 Å². The molecule has 0 fully saturated rings. The molecule has 0 aliphatic rings. The fraction of sp³-hybridized carbons (Fsp3) is 0.118. The number of carbonyl (C=O) groups is 2. The molecule has 0 saturated carbocycles. The molecule has 9 heteroatoms. The van der Waals surface area contributed by atoms with Gasteiger partial charge in [-0.1, -0.05) is 29.3 Å². The summed E-state index contributed by atoms with van der Waals surface area (Å²) in [6.45, 7) is 1.78. The molecule has 0 aliphatic heterocycles. The summed E-state index contributed by atoms with van der Waals surface area (Å²) in [5.41, 5.74) is 7.80. The molecule has 2 aromatic heterocycles. The van der Waals surface area contributed by atoms with E-state index in [0.717, 1.165) is 0 Å². The summed E-state index contributed by atoms with van der Waals surface area (Å²) in [6, 6.07) is 8.29. The second kappa shape index (κ2) is 7.95. The van der Waals surface area contributed by atoms with Crippen molar-refractivity contribution < 1.29 is 9.59 Å². The first-order chi connectivity index (χ1) is 11.9. The van der Waals surface area contributed by atoms with Crippen molar-refractivity contribution in [1.29, 1.82) is 0 Å².